The summed E-state index contributed by atoms with van der Waals surface area (Å²) in [5, 5.41) is 1.57. The van der Waals surface area contributed by atoms with E-state index in [9.17, 15) is 13.9 Å². The third-order valence-corrected chi connectivity index (χ3v) is 6.23. The molecular weight excluding hydrogens is 306 g/mol. The smallest absolute Gasteiger partial charge is 0.324 e. The van der Waals surface area contributed by atoms with Crippen molar-refractivity contribution in [3.8, 4) is 0 Å². The van der Waals surface area contributed by atoms with Crippen LogP contribution in [0.4, 0.5) is 5.13 Å². The van der Waals surface area contributed by atoms with Gasteiger partial charge in [0, 0.05) is 11.6 Å². The van der Waals surface area contributed by atoms with Crippen LogP contribution in [0.15, 0.2) is 11.6 Å². The Hall–Kier alpha value is -0.600. The van der Waals surface area contributed by atoms with E-state index in [2.05, 4.69) is 10.3 Å². The van der Waals surface area contributed by atoms with E-state index >= 15 is 0 Å². The van der Waals surface area contributed by atoms with Gasteiger partial charge in [0.25, 0.3) is 0 Å². The zero-order valence-electron chi connectivity index (χ0n) is 8.70. The molecule has 0 saturated carbocycles. The molecule has 0 spiro atoms. The Morgan fingerprint density at radius 2 is 1.89 bits per heavy atom. The quantitative estimate of drug-likeness (QED) is 0.480. The SMILES string of the molecule is O=C(CC(P(=O)(O)O)P(=O)(O)O)Nc1nccs1. The number of rotatable bonds is 5. The number of amides is 1. The van der Waals surface area contributed by atoms with Gasteiger partial charge in [-0.25, -0.2) is 4.98 Å². The van der Waals surface area contributed by atoms with Crippen molar-refractivity contribution >= 4 is 37.6 Å². The number of carbonyl (C=O) groups is 1. The average molecular weight is 316 g/mol. The van der Waals surface area contributed by atoms with E-state index in [4.69, 9.17) is 19.6 Å². The number of thiazole rings is 1. The molecule has 0 aromatic carbocycles. The molecule has 102 valence electrons. The Morgan fingerprint density at radius 1 is 1.33 bits per heavy atom. The van der Waals surface area contributed by atoms with Crippen molar-refractivity contribution < 1.29 is 33.5 Å². The normalized spacial score (nSPS) is 12.7. The first-order chi connectivity index (χ1) is 8.10. The molecular formula is C6H10N2O7P2S. The van der Waals surface area contributed by atoms with Crippen molar-refractivity contribution in [1.82, 2.24) is 4.98 Å². The molecule has 0 saturated heterocycles. The highest BCUT2D eigenvalue weighted by Gasteiger charge is 2.44. The van der Waals surface area contributed by atoms with Crippen LogP contribution in [0.2, 0.25) is 0 Å². The molecule has 12 heteroatoms. The monoisotopic (exact) mass is 316 g/mol. The van der Waals surface area contributed by atoms with Gasteiger partial charge in [0.05, 0.1) is 6.42 Å². The lowest BCUT2D eigenvalue weighted by Crippen LogP contribution is -2.20. The lowest BCUT2D eigenvalue weighted by molar-refractivity contribution is -0.116. The van der Waals surface area contributed by atoms with Crippen LogP contribution in [0.25, 0.3) is 0 Å². The van der Waals surface area contributed by atoms with Gasteiger partial charge in [-0.3, -0.25) is 13.9 Å². The number of hydrogen-bond donors (Lipinski definition) is 5. The molecule has 9 nitrogen and oxygen atoms in total. The molecule has 1 aromatic heterocycles. The zero-order valence-corrected chi connectivity index (χ0v) is 11.3. The van der Waals surface area contributed by atoms with Gasteiger partial charge in [0.1, 0.15) is 0 Å². The van der Waals surface area contributed by atoms with Crippen molar-refractivity contribution in [3.63, 3.8) is 0 Å². The maximum absolute atomic E-state index is 11.4. The minimum Gasteiger partial charge on any atom is -0.324 e. The number of anilines is 1. The lowest BCUT2D eigenvalue weighted by atomic mass is 10.4. The number of aromatic nitrogens is 1. The molecule has 0 unspecified atom stereocenters. The van der Waals surface area contributed by atoms with E-state index in [1.54, 1.807) is 5.38 Å². The Bertz CT molecular complexity index is 484. The minimum atomic E-state index is -5.08. The van der Waals surface area contributed by atoms with Gasteiger partial charge in [0.15, 0.2) is 10.5 Å². The maximum atomic E-state index is 11.4. The van der Waals surface area contributed by atoms with Crippen LogP contribution in [0, 0.1) is 0 Å². The standard InChI is InChI=1S/C6H10N2O7P2S/c9-4(8-6-7-1-2-18-6)3-5(16(10,11)12)17(13,14)15/h1-2,5H,3H2,(H,7,8,9)(H2,10,11,12)(H2,13,14,15). The van der Waals surface area contributed by atoms with Crippen LogP contribution < -0.4 is 5.32 Å². The molecule has 18 heavy (non-hydrogen) atoms. The second kappa shape index (κ2) is 5.58. The summed E-state index contributed by atoms with van der Waals surface area (Å²) < 4.78 is 21.9. The van der Waals surface area contributed by atoms with Crippen LogP contribution in [0.1, 0.15) is 6.42 Å². The molecule has 1 heterocycles. The highest BCUT2D eigenvalue weighted by atomic mass is 32.1. The highest BCUT2D eigenvalue weighted by Crippen LogP contribution is 2.61. The molecule has 0 atom stereocenters. The summed E-state index contributed by atoms with van der Waals surface area (Å²) in [5.41, 5.74) is 0. The lowest BCUT2D eigenvalue weighted by Gasteiger charge is -2.18. The van der Waals surface area contributed by atoms with Gasteiger partial charge in [0.2, 0.25) is 5.91 Å². The van der Waals surface area contributed by atoms with Gasteiger partial charge < -0.3 is 24.9 Å². The molecule has 0 aliphatic rings. The summed E-state index contributed by atoms with van der Waals surface area (Å²) in [7, 11) is -10.2. The molecule has 0 fully saturated rings. The van der Waals surface area contributed by atoms with Gasteiger partial charge in [-0.15, -0.1) is 11.3 Å². The fraction of sp³-hybridized carbons (Fsp3) is 0.333. The molecule has 0 aliphatic carbocycles. The second-order valence-corrected chi connectivity index (χ2v) is 8.15. The number of carbonyl (C=O) groups excluding carboxylic acids is 1. The first-order valence-electron chi connectivity index (χ1n) is 4.40. The first-order valence-corrected chi connectivity index (χ1v) is 8.65. The van der Waals surface area contributed by atoms with Crippen molar-refractivity contribution in [2.45, 2.75) is 11.8 Å². The summed E-state index contributed by atoms with van der Waals surface area (Å²) in [5.74, 6) is -0.929. The Kier molecular flexibility index (Phi) is 4.79. The molecule has 0 bridgehead atoms. The Labute approximate surface area is 105 Å². The number of hydrogen-bond acceptors (Lipinski definition) is 5. The highest BCUT2D eigenvalue weighted by molar-refractivity contribution is 7.70. The van der Waals surface area contributed by atoms with E-state index in [1.165, 1.54) is 6.20 Å². The molecule has 1 amide bonds. The second-order valence-electron chi connectivity index (χ2n) is 3.25. The van der Waals surface area contributed by atoms with Crippen LogP contribution >= 0.6 is 26.5 Å². The van der Waals surface area contributed by atoms with Gasteiger partial charge >= 0.3 is 15.2 Å². The number of nitrogens with zero attached hydrogens (tertiary/aromatic N) is 1. The molecule has 1 rings (SSSR count). The van der Waals surface area contributed by atoms with E-state index < -0.39 is 32.9 Å². The van der Waals surface area contributed by atoms with E-state index in [1.807, 2.05) is 0 Å². The van der Waals surface area contributed by atoms with Crippen LogP contribution in [-0.4, -0.2) is 35.9 Å². The van der Waals surface area contributed by atoms with Crippen LogP contribution in [-0.2, 0) is 13.9 Å². The number of nitrogens with one attached hydrogen (secondary N) is 1. The third kappa shape index (κ3) is 4.58. The average Bonchev–Trinajstić information content (AvgIpc) is 2.63. The summed E-state index contributed by atoms with van der Waals surface area (Å²) in [6.07, 6.45) is 0.401. The Morgan fingerprint density at radius 3 is 2.28 bits per heavy atom. The van der Waals surface area contributed by atoms with E-state index in [-0.39, 0.29) is 5.13 Å². The summed E-state index contributed by atoms with van der Waals surface area (Å²) in [6.45, 7) is 0. The minimum absolute atomic E-state index is 0.176. The zero-order chi connectivity index (χ0) is 14.0. The fourth-order valence-electron chi connectivity index (χ4n) is 1.06. The van der Waals surface area contributed by atoms with E-state index in [0.29, 0.717) is 0 Å². The van der Waals surface area contributed by atoms with Crippen molar-refractivity contribution in [2.24, 2.45) is 0 Å². The fourth-order valence-corrected chi connectivity index (χ4v) is 3.98. The molecule has 5 N–H and O–H groups in total. The van der Waals surface area contributed by atoms with Gasteiger partial charge in [-0.1, -0.05) is 0 Å². The largest absolute Gasteiger partial charge is 0.341 e. The summed E-state index contributed by atoms with van der Waals surface area (Å²) in [6, 6.07) is 0. The van der Waals surface area contributed by atoms with Crippen LogP contribution in [0.3, 0.4) is 0 Å². The van der Waals surface area contributed by atoms with Crippen molar-refractivity contribution in [1.29, 1.82) is 0 Å². The Balaban J connectivity index is 2.77. The molecule has 0 radical (unpaired) electrons. The topological polar surface area (TPSA) is 157 Å². The predicted octanol–water partition coefficient (Wildman–Crippen LogP) is 0.153. The molecule has 1 aromatic rings. The predicted molar refractivity (Wildman–Crippen MR) is 63.2 cm³/mol. The first kappa shape index (κ1) is 15.5. The summed E-state index contributed by atoms with van der Waals surface area (Å²) >= 11 is 1.06. The van der Waals surface area contributed by atoms with Crippen molar-refractivity contribution in [2.75, 3.05) is 5.32 Å². The molecule has 0 aliphatic heterocycles. The van der Waals surface area contributed by atoms with Crippen LogP contribution in [0.5, 0.6) is 0 Å². The van der Waals surface area contributed by atoms with Gasteiger partial charge in [-0.05, 0) is 0 Å². The maximum Gasteiger partial charge on any atom is 0.341 e. The van der Waals surface area contributed by atoms with Gasteiger partial charge in [-0.2, -0.15) is 0 Å². The van der Waals surface area contributed by atoms with E-state index in [0.717, 1.165) is 11.3 Å². The summed E-state index contributed by atoms with van der Waals surface area (Å²) in [4.78, 5) is 50.3. The van der Waals surface area contributed by atoms with Crippen molar-refractivity contribution in [3.05, 3.63) is 11.6 Å². The third-order valence-electron chi connectivity index (χ3n) is 1.82.